The van der Waals surface area contributed by atoms with E-state index in [2.05, 4.69) is 77.9 Å². The molecule has 1 heterocycles. The summed E-state index contributed by atoms with van der Waals surface area (Å²) in [6, 6.07) is 10.4. The molecule has 0 unspecified atom stereocenters. The Labute approximate surface area is 140 Å². The van der Waals surface area contributed by atoms with Gasteiger partial charge in [0, 0.05) is 11.1 Å². The fourth-order valence-electron chi connectivity index (χ4n) is 2.34. The minimum absolute atomic E-state index is 0.207. The first-order valence-corrected chi connectivity index (χ1v) is 8.37. The molecule has 0 saturated heterocycles. The van der Waals surface area contributed by atoms with Crippen molar-refractivity contribution in [1.29, 1.82) is 0 Å². The number of aromatic amines is 1. The summed E-state index contributed by atoms with van der Waals surface area (Å²) < 4.78 is 1.54. The molecule has 0 aliphatic rings. The Hall–Kier alpha value is -1.00. The molecule has 0 amide bonds. The molecule has 1 N–H and O–H groups in total. The molecular weight excluding hydrogens is 344 g/mol. The van der Waals surface area contributed by atoms with E-state index >= 15 is 0 Å². The summed E-state index contributed by atoms with van der Waals surface area (Å²) in [5.41, 5.74) is 2.14. The maximum atomic E-state index is 5.42. The summed E-state index contributed by atoms with van der Waals surface area (Å²) in [6.07, 6.45) is 0.949. The van der Waals surface area contributed by atoms with Crippen LogP contribution >= 0.6 is 28.1 Å². The van der Waals surface area contributed by atoms with Crippen LogP contribution in [0.1, 0.15) is 44.8 Å². The van der Waals surface area contributed by atoms with Crippen LogP contribution in [0.4, 0.5) is 0 Å². The second-order valence-electron chi connectivity index (χ2n) is 6.27. The number of H-pyrrole nitrogens is 1. The second-order valence-corrected chi connectivity index (χ2v) is 7.45. The SMILES string of the molecule is CC(C)Cc1[nH]c(C(C)(C)c2ccccc2)nc(=S)c1Br. The van der Waals surface area contributed by atoms with Gasteiger partial charge in [-0.25, -0.2) is 4.98 Å². The van der Waals surface area contributed by atoms with Crippen molar-refractivity contribution in [3.63, 3.8) is 0 Å². The van der Waals surface area contributed by atoms with Crippen molar-refractivity contribution < 1.29 is 0 Å². The Morgan fingerprint density at radius 2 is 1.86 bits per heavy atom. The monoisotopic (exact) mass is 364 g/mol. The molecule has 2 rings (SSSR count). The molecule has 1 aromatic carbocycles. The van der Waals surface area contributed by atoms with Crippen molar-refractivity contribution in [3.05, 3.63) is 56.5 Å². The van der Waals surface area contributed by atoms with Gasteiger partial charge in [0.05, 0.1) is 4.47 Å². The number of hydrogen-bond acceptors (Lipinski definition) is 2. The molecule has 112 valence electrons. The van der Waals surface area contributed by atoms with E-state index in [1.54, 1.807) is 0 Å². The summed E-state index contributed by atoms with van der Waals surface area (Å²) in [4.78, 5) is 8.10. The molecule has 21 heavy (non-hydrogen) atoms. The van der Waals surface area contributed by atoms with E-state index in [4.69, 9.17) is 12.2 Å². The third kappa shape index (κ3) is 3.61. The highest BCUT2D eigenvalue weighted by atomic mass is 79.9. The van der Waals surface area contributed by atoms with E-state index in [9.17, 15) is 0 Å². The lowest BCUT2D eigenvalue weighted by Crippen LogP contribution is -2.23. The highest BCUT2D eigenvalue weighted by Crippen LogP contribution is 2.30. The van der Waals surface area contributed by atoms with E-state index in [-0.39, 0.29) is 5.41 Å². The van der Waals surface area contributed by atoms with Crippen LogP contribution in [0.2, 0.25) is 0 Å². The fraction of sp³-hybridized carbons (Fsp3) is 0.412. The van der Waals surface area contributed by atoms with Crippen molar-refractivity contribution in [3.8, 4) is 0 Å². The second kappa shape index (κ2) is 6.41. The molecule has 0 atom stereocenters. The maximum Gasteiger partial charge on any atom is 0.144 e. The number of nitrogens with zero attached hydrogens (tertiary/aromatic N) is 1. The highest BCUT2D eigenvalue weighted by molar-refractivity contribution is 9.10. The largest absolute Gasteiger partial charge is 0.345 e. The standard InChI is InChI=1S/C17H21BrN2S/c1-11(2)10-13-14(18)15(21)20-16(19-13)17(3,4)12-8-6-5-7-9-12/h5-9,11H,10H2,1-4H3,(H,19,20,21). The zero-order valence-corrected chi connectivity index (χ0v) is 15.3. The fourth-order valence-corrected chi connectivity index (χ4v) is 2.91. The molecule has 2 nitrogen and oxygen atoms in total. The maximum absolute atomic E-state index is 5.42. The van der Waals surface area contributed by atoms with E-state index in [1.807, 2.05) is 6.07 Å². The normalized spacial score (nSPS) is 11.9. The zero-order chi connectivity index (χ0) is 15.6. The summed E-state index contributed by atoms with van der Waals surface area (Å²) in [5, 5.41) is 0. The van der Waals surface area contributed by atoms with E-state index in [0.29, 0.717) is 10.6 Å². The first-order chi connectivity index (χ1) is 9.82. The number of nitrogens with one attached hydrogen (secondary N) is 1. The van der Waals surface area contributed by atoms with E-state index in [0.717, 1.165) is 22.4 Å². The molecule has 0 aliphatic carbocycles. The molecule has 0 radical (unpaired) electrons. The van der Waals surface area contributed by atoms with Gasteiger partial charge >= 0.3 is 0 Å². The van der Waals surface area contributed by atoms with E-state index < -0.39 is 0 Å². The quantitative estimate of drug-likeness (QED) is 0.733. The van der Waals surface area contributed by atoms with Gasteiger partial charge in [0.1, 0.15) is 10.5 Å². The van der Waals surface area contributed by atoms with Crippen LogP contribution in [0.15, 0.2) is 34.8 Å². The number of benzene rings is 1. The first-order valence-electron chi connectivity index (χ1n) is 7.17. The van der Waals surface area contributed by atoms with Gasteiger partial charge in [-0.05, 0) is 47.7 Å². The van der Waals surface area contributed by atoms with Gasteiger partial charge in [-0.2, -0.15) is 0 Å². The molecule has 2 aromatic rings. The number of aromatic nitrogens is 2. The molecular formula is C17H21BrN2S. The van der Waals surface area contributed by atoms with Crippen molar-refractivity contribution in [2.24, 2.45) is 5.92 Å². The Morgan fingerprint density at radius 3 is 2.43 bits per heavy atom. The minimum Gasteiger partial charge on any atom is -0.345 e. The predicted molar refractivity (Wildman–Crippen MR) is 94.2 cm³/mol. The number of hydrogen-bond donors (Lipinski definition) is 1. The summed E-state index contributed by atoms with van der Waals surface area (Å²) in [5.74, 6) is 1.47. The Morgan fingerprint density at radius 1 is 1.24 bits per heavy atom. The number of halogens is 1. The summed E-state index contributed by atoms with van der Waals surface area (Å²) >= 11 is 8.99. The lowest BCUT2D eigenvalue weighted by Gasteiger charge is -2.25. The average molecular weight is 365 g/mol. The van der Waals surface area contributed by atoms with Crippen LogP contribution < -0.4 is 0 Å². The van der Waals surface area contributed by atoms with E-state index in [1.165, 1.54) is 5.56 Å². The van der Waals surface area contributed by atoms with Gasteiger partial charge in [-0.1, -0.05) is 56.4 Å². The smallest absolute Gasteiger partial charge is 0.144 e. The lowest BCUT2D eigenvalue weighted by molar-refractivity contribution is 0.568. The van der Waals surface area contributed by atoms with Crippen LogP contribution in [0.25, 0.3) is 0 Å². The van der Waals surface area contributed by atoms with Crippen molar-refractivity contribution in [2.45, 2.75) is 39.5 Å². The molecule has 4 heteroatoms. The Kier molecular flexibility index (Phi) is 4.99. The topological polar surface area (TPSA) is 28.7 Å². The predicted octanol–water partition coefficient (Wildman–Crippen LogP) is 5.43. The molecule has 0 saturated carbocycles. The van der Waals surface area contributed by atoms with Gasteiger partial charge in [0.15, 0.2) is 0 Å². The Bertz CT molecular complexity index is 675. The molecule has 0 bridgehead atoms. The first kappa shape index (κ1) is 16.4. The zero-order valence-electron chi connectivity index (χ0n) is 12.9. The molecule has 0 fully saturated rings. The van der Waals surface area contributed by atoms with Crippen LogP contribution in [0.3, 0.4) is 0 Å². The third-order valence-corrected chi connectivity index (χ3v) is 5.05. The molecule has 0 spiro atoms. The van der Waals surface area contributed by atoms with Gasteiger partial charge in [0.2, 0.25) is 0 Å². The van der Waals surface area contributed by atoms with Crippen molar-refractivity contribution >= 4 is 28.1 Å². The lowest BCUT2D eigenvalue weighted by atomic mass is 9.83. The van der Waals surface area contributed by atoms with Crippen LogP contribution in [-0.4, -0.2) is 9.97 Å². The van der Waals surface area contributed by atoms with Crippen LogP contribution in [-0.2, 0) is 11.8 Å². The molecule has 0 aliphatic heterocycles. The van der Waals surface area contributed by atoms with Gasteiger partial charge < -0.3 is 4.98 Å². The van der Waals surface area contributed by atoms with Crippen LogP contribution in [0, 0.1) is 10.6 Å². The van der Waals surface area contributed by atoms with Crippen LogP contribution in [0.5, 0.6) is 0 Å². The Balaban J connectivity index is 2.54. The third-order valence-electron chi connectivity index (χ3n) is 3.64. The summed E-state index contributed by atoms with van der Waals surface area (Å²) in [7, 11) is 0. The average Bonchev–Trinajstić information content (AvgIpc) is 2.44. The molecule has 1 aromatic heterocycles. The highest BCUT2D eigenvalue weighted by Gasteiger charge is 2.26. The van der Waals surface area contributed by atoms with Gasteiger partial charge in [-0.15, -0.1) is 0 Å². The van der Waals surface area contributed by atoms with Crippen molar-refractivity contribution in [2.75, 3.05) is 0 Å². The van der Waals surface area contributed by atoms with Gasteiger partial charge in [0.25, 0.3) is 0 Å². The van der Waals surface area contributed by atoms with Gasteiger partial charge in [-0.3, -0.25) is 0 Å². The minimum atomic E-state index is -0.207. The summed E-state index contributed by atoms with van der Waals surface area (Å²) in [6.45, 7) is 8.74. The number of rotatable bonds is 4. The van der Waals surface area contributed by atoms with Crippen molar-refractivity contribution in [1.82, 2.24) is 9.97 Å².